The molecule has 2 fully saturated rings. The average Bonchev–Trinajstić information content (AvgIpc) is 2.08. The molecule has 0 saturated heterocycles. The summed E-state index contributed by atoms with van der Waals surface area (Å²) in [7, 11) is 0. The van der Waals surface area contributed by atoms with Crippen molar-refractivity contribution < 1.29 is 0 Å². The number of nitrogens with two attached hydrogens (primary N) is 1. The molecule has 0 aromatic heterocycles. The van der Waals surface area contributed by atoms with Gasteiger partial charge in [0.25, 0.3) is 0 Å². The van der Waals surface area contributed by atoms with Crippen LogP contribution in [0.1, 0.15) is 46.5 Å². The van der Waals surface area contributed by atoms with Crippen LogP contribution in [0.15, 0.2) is 11.6 Å². The van der Waals surface area contributed by atoms with Crippen LogP contribution in [0, 0.1) is 16.7 Å². The SMILES string of the molecule is CC1(N)C=C2CC3(C)CC(C)(CC23)C1. The molecule has 1 nitrogen and oxygen atoms in total. The molecule has 0 aromatic carbocycles. The van der Waals surface area contributed by atoms with Crippen LogP contribution >= 0.6 is 0 Å². The maximum absolute atomic E-state index is 6.33. The van der Waals surface area contributed by atoms with Crippen LogP contribution in [0.2, 0.25) is 0 Å². The Balaban J connectivity index is 2.07. The Bertz CT molecular complexity index is 328. The van der Waals surface area contributed by atoms with E-state index in [9.17, 15) is 0 Å². The smallest absolute Gasteiger partial charge is 0.0318 e. The summed E-state index contributed by atoms with van der Waals surface area (Å²) in [6, 6.07) is 0. The van der Waals surface area contributed by atoms with E-state index < -0.39 is 0 Å². The van der Waals surface area contributed by atoms with Gasteiger partial charge >= 0.3 is 0 Å². The van der Waals surface area contributed by atoms with Crippen LogP contribution < -0.4 is 5.73 Å². The zero-order valence-corrected chi connectivity index (χ0v) is 9.56. The van der Waals surface area contributed by atoms with E-state index in [4.69, 9.17) is 5.73 Å². The molecule has 4 unspecified atom stereocenters. The lowest BCUT2D eigenvalue weighted by Gasteiger charge is -2.47. The van der Waals surface area contributed by atoms with Gasteiger partial charge in [0, 0.05) is 5.54 Å². The van der Waals surface area contributed by atoms with Crippen LogP contribution in [0.25, 0.3) is 0 Å². The highest BCUT2D eigenvalue weighted by atomic mass is 14.8. The van der Waals surface area contributed by atoms with Crippen molar-refractivity contribution >= 4 is 0 Å². The van der Waals surface area contributed by atoms with Gasteiger partial charge in [-0.25, -0.2) is 0 Å². The third-order valence-corrected chi connectivity index (χ3v) is 4.75. The Kier molecular flexibility index (Phi) is 1.35. The second-order valence-corrected chi connectivity index (χ2v) is 6.98. The molecule has 0 radical (unpaired) electrons. The van der Waals surface area contributed by atoms with Crippen LogP contribution in [-0.4, -0.2) is 5.54 Å². The van der Waals surface area contributed by atoms with E-state index in [2.05, 4.69) is 26.8 Å². The van der Waals surface area contributed by atoms with Gasteiger partial charge in [0.2, 0.25) is 0 Å². The Morgan fingerprint density at radius 3 is 2.71 bits per heavy atom. The third-order valence-electron chi connectivity index (χ3n) is 4.75. The Hall–Kier alpha value is -0.300. The number of hydrogen-bond donors (Lipinski definition) is 1. The third kappa shape index (κ3) is 0.995. The molecule has 2 bridgehead atoms. The van der Waals surface area contributed by atoms with Gasteiger partial charge in [-0.1, -0.05) is 25.5 Å². The molecule has 2 N–H and O–H groups in total. The van der Waals surface area contributed by atoms with Crippen LogP contribution in [-0.2, 0) is 0 Å². The minimum atomic E-state index is -0.0411. The number of hydrogen-bond acceptors (Lipinski definition) is 1. The van der Waals surface area contributed by atoms with Crippen LogP contribution in [0.3, 0.4) is 0 Å². The highest BCUT2D eigenvalue weighted by molar-refractivity contribution is 5.33. The molecule has 0 amide bonds. The van der Waals surface area contributed by atoms with Crippen molar-refractivity contribution in [3.8, 4) is 0 Å². The molecule has 3 rings (SSSR count). The predicted molar refractivity (Wildman–Crippen MR) is 58.8 cm³/mol. The first-order chi connectivity index (χ1) is 6.32. The molecule has 0 spiro atoms. The minimum absolute atomic E-state index is 0.0411. The monoisotopic (exact) mass is 191 g/mol. The summed E-state index contributed by atoms with van der Waals surface area (Å²) in [5.41, 5.74) is 9.10. The van der Waals surface area contributed by atoms with Gasteiger partial charge in [-0.2, -0.15) is 0 Å². The van der Waals surface area contributed by atoms with Gasteiger partial charge in [-0.05, 0) is 49.4 Å². The molecule has 4 atom stereocenters. The van der Waals surface area contributed by atoms with Crippen LogP contribution in [0.4, 0.5) is 0 Å². The highest BCUT2D eigenvalue weighted by Crippen LogP contribution is 2.69. The van der Waals surface area contributed by atoms with E-state index in [1.54, 1.807) is 5.57 Å². The van der Waals surface area contributed by atoms with Crippen molar-refractivity contribution in [2.24, 2.45) is 22.5 Å². The molecule has 1 heteroatoms. The lowest BCUT2D eigenvalue weighted by molar-refractivity contribution is 0.147. The number of allylic oxidation sites excluding steroid dienone is 1. The van der Waals surface area contributed by atoms with E-state index in [0.717, 1.165) is 5.92 Å². The highest BCUT2D eigenvalue weighted by Gasteiger charge is 2.59. The molecular weight excluding hydrogens is 170 g/mol. The molecular formula is C13H21N. The fourth-order valence-electron chi connectivity index (χ4n) is 4.81. The molecule has 0 aromatic rings. The van der Waals surface area contributed by atoms with Crippen molar-refractivity contribution in [3.05, 3.63) is 11.6 Å². The number of rotatable bonds is 0. The molecule has 3 aliphatic carbocycles. The van der Waals surface area contributed by atoms with Gasteiger partial charge in [0.1, 0.15) is 0 Å². The van der Waals surface area contributed by atoms with Gasteiger partial charge < -0.3 is 5.73 Å². The summed E-state index contributed by atoms with van der Waals surface area (Å²) in [5, 5.41) is 0. The van der Waals surface area contributed by atoms with Gasteiger partial charge in [-0.3, -0.25) is 0 Å². The molecule has 0 aliphatic heterocycles. The predicted octanol–water partition coefficient (Wildman–Crippen LogP) is 2.86. The first-order valence-corrected chi connectivity index (χ1v) is 5.83. The van der Waals surface area contributed by atoms with Gasteiger partial charge in [0.15, 0.2) is 0 Å². The average molecular weight is 191 g/mol. The summed E-state index contributed by atoms with van der Waals surface area (Å²) < 4.78 is 0. The lowest BCUT2D eigenvalue weighted by Crippen LogP contribution is -2.43. The molecule has 3 aliphatic rings. The molecule has 2 saturated carbocycles. The number of fused-ring (bicyclic) bond motifs is 1. The maximum atomic E-state index is 6.33. The van der Waals surface area contributed by atoms with Crippen molar-refractivity contribution in [1.82, 2.24) is 0 Å². The fraction of sp³-hybridized carbons (Fsp3) is 0.846. The molecule has 14 heavy (non-hydrogen) atoms. The van der Waals surface area contributed by atoms with Crippen molar-refractivity contribution in [2.45, 2.75) is 52.0 Å². The first-order valence-electron chi connectivity index (χ1n) is 5.83. The Morgan fingerprint density at radius 1 is 1.29 bits per heavy atom. The summed E-state index contributed by atoms with van der Waals surface area (Å²) in [6.45, 7) is 7.11. The second-order valence-electron chi connectivity index (χ2n) is 6.98. The van der Waals surface area contributed by atoms with Crippen molar-refractivity contribution in [3.63, 3.8) is 0 Å². The minimum Gasteiger partial charge on any atom is -0.322 e. The Labute approximate surface area is 86.8 Å². The van der Waals surface area contributed by atoms with Crippen molar-refractivity contribution in [2.75, 3.05) is 0 Å². The van der Waals surface area contributed by atoms with Crippen molar-refractivity contribution in [1.29, 1.82) is 0 Å². The van der Waals surface area contributed by atoms with E-state index in [0.29, 0.717) is 10.8 Å². The normalized spacial score (nSPS) is 60.3. The van der Waals surface area contributed by atoms with E-state index >= 15 is 0 Å². The van der Waals surface area contributed by atoms with E-state index in [1.807, 2.05) is 0 Å². The standard InChI is InChI=1S/C13H21N/c1-11-6-10-9(4-12(10,2)7-11)5-13(3,14)8-11/h5,10H,4,6-8,14H2,1-3H3. The van der Waals surface area contributed by atoms with Gasteiger partial charge in [0.05, 0.1) is 0 Å². The summed E-state index contributed by atoms with van der Waals surface area (Å²) in [6.07, 6.45) is 7.66. The topological polar surface area (TPSA) is 26.0 Å². The molecule has 78 valence electrons. The fourth-order valence-corrected chi connectivity index (χ4v) is 4.81. The molecule has 0 heterocycles. The largest absolute Gasteiger partial charge is 0.322 e. The van der Waals surface area contributed by atoms with E-state index in [1.165, 1.54) is 25.7 Å². The zero-order chi connectivity index (χ0) is 10.2. The maximum Gasteiger partial charge on any atom is 0.0318 e. The van der Waals surface area contributed by atoms with Crippen LogP contribution in [0.5, 0.6) is 0 Å². The van der Waals surface area contributed by atoms with E-state index in [-0.39, 0.29) is 5.54 Å². The summed E-state index contributed by atoms with van der Waals surface area (Å²) in [5.74, 6) is 0.873. The summed E-state index contributed by atoms with van der Waals surface area (Å²) >= 11 is 0. The lowest BCUT2D eigenvalue weighted by atomic mass is 9.58. The first kappa shape index (κ1) is 8.96. The second kappa shape index (κ2) is 2.11. The Morgan fingerprint density at radius 2 is 2.00 bits per heavy atom. The zero-order valence-electron chi connectivity index (χ0n) is 9.56. The summed E-state index contributed by atoms with van der Waals surface area (Å²) in [4.78, 5) is 0. The van der Waals surface area contributed by atoms with Gasteiger partial charge in [-0.15, -0.1) is 0 Å². The quantitative estimate of drug-likeness (QED) is 0.585.